The first kappa shape index (κ1) is 14.6. The molecular weight excluding hydrogens is 322 g/mol. The topological polar surface area (TPSA) is 56.2 Å². The van der Waals surface area contributed by atoms with E-state index in [0.717, 1.165) is 16.7 Å². The smallest absolute Gasteiger partial charge is 0.251 e. The van der Waals surface area contributed by atoms with Gasteiger partial charge in [0, 0.05) is 12.1 Å². The standard InChI is InChI=1S/C14H16BrN3O2/c1-3-18-13(12(15)8-17-18)9-16-14(19)10-5-4-6-11(7-10)20-2/h4-8H,3,9H2,1-2H3,(H,16,19). The lowest BCUT2D eigenvalue weighted by molar-refractivity contribution is 0.0949. The number of nitrogens with one attached hydrogen (secondary N) is 1. The summed E-state index contributed by atoms with van der Waals surface area (Å²) < 4.78 is 7.85. The van der Waals surface area contributed by atoms with Crippen molar-refractivity contribution < 1.29 is 9.53 Å². The van der Waals surface area contributed by atoms with Gasteiger partial charge in [-0.3, -0.25) is 9.48 Å². The summed E-state index contributed by atoms with van der Waals surface area (Å²) in [6.07, 6.45) is 1.73. The first-order valence-electron chi connectivity index (χ1n) is 6.28. The largest absolute Gasteiger partial charge is 0.497 e. The molecule has 0 fully saturated rings. The maximum absolute atomic E-state index is 12.1. The number of aromatic nitrogens is 2. The van der Waals surface area contributed by atoms with E-state index in [4.69, 9.17) is 4.74 Å². The molecule has 1 amide bonds. The molecule has 0 radical (unpaired) electrons. The van der Waals surface area contributed by atoms with Crippen LogP contribution in [0.5, 0.6) is 5.75 Å². The van der Waals surface area contributed by atoms with Crippen LogP contribution in [0.2, 0.25) is 0 Å². The molecular formula is C14H16BrN3O2. The van der Waals surface area contributed by atoms with E-state index < -0.39 is 0 Å². The predicted octanol–water partition coefficient (Wildman–Crippen LogP) is 2.60. The maximum Gasteiger partial charge on any atom is 0.251 e. The Kier molecular flexibility index (Phi) is 4.79. The number of rotatable bonds is 5. The van der Waals surface area contributed by atoms with Crippen LogP contribution in [0.25, 0.3) is 0 Å². The molecule has 0 aliphatic rings. The van der Waals surface area contributed by atoms with Gasteiger partial charge in [-0.2, -0.15) is 5.10 Å². The molecule has 0 atom stereocenters. The first-order valence-corrected chi connectivity index (χ1v) is 7.07. The van der Waals surface area contributed by atoms with Gasteiger partial charge >= 0.3 is 0 Å². The SMILES string of the molecule is CCn1ncc(Br)c1CNC(=O)c1cccc(OC)c1. The number of ether oxygens (including phenoxy) is 1. The summed E-state index contributed by atoms with van der Waals surface area (Å²) in [4.78, 5) is 12.1. The van der Waals surface area contributed by atoms with Crippen molar-refractivity contribution in [2.45, 2.75) is 20.0 Å². The van der Waals surface area contributed by atoms with Gasteiger partial charge < -0.3 is 10.1 Å². The van der Waals surface area contributed by atoms with Gasteiger partial charge in [-0.1, -0.05) is 6.07 Å². The average molecular weight is 338 g/mol. The number of nitrogens with zero attached hydrogens (tertiary/aromatic N) is 2. The number of aryl methyl sites for hydroxylation is 1. The zero-order chi connectivity index (χ0) is 14.5. The van der Waals surface area contributed by atoms with Crippen LogP contribution in [0, 0.1) is 0 Å². The van der Waals surface area contributed by atoms with Crippen LogP contribution in [0.1, 0.15) is 23.0 Å². The summed E-state index contributed by atoms with van der Waals surface area (Å²) in [6.45, 7) is 3.19. The second-order valence-electron chi connectivity index (χ2n) is 4.17. The highest BCUT2D eigenvalue weighted by Crippen LogP contribution is 2.16. The fraction of sp³-hybridized carbons (Fsp3) is 0.286. The minimum Gasteiger partial charge on any atom is -0.497 e. The number of methoxy groups -OCH3 is 1. The van der Waals surface area contributed by atoms with Gasteiger partial charge in [0.25, 0.3) is 5.91 Å². The zero-order valence-corrected chi connectivity index (χ0v) is 13.0. The quantitative estimate of drug-likeness (QED) is 0.912. The molecule has 2 rings (SSSR count). The normalized spacial score (nSPS) is 10.3. The number of hydrogen-bond donors (Lipinski definition) is 1. The average Bonchev–Trinajstić information content (AvgIpc) is 2.85. The van der Waals surface area contributed by atoms with Gasteiger partial charge in [0.15, 0.2) is 0 Å². The van der Waals surface area contributed by atoms with Gasteiger partial charge in [-0.25, -0.2) is 0 Å². The third-order valence-electron chi connectivity index (χ3n) is 2.95. The van der Waals surface area contributed by atoms with Crippen molar-refractivity contribution in [1.82, 2.24) is 15.1 Å². The van der Waals surface area contributed by atoms with Crippen molar-refractivity contribution in [3.05, 3.63) is 46.2 Å². The van der Waals surface area contributed by atoms with Crippen LogP contribution in [-0.4, -0.2) is 22.8 Å². The highest BCUT2D eigenvalue weighted by molar-refractivity contribution is 9.10. The lowest BCUT2D eigenvalue weighted by Crippen LogP contribution is -2.24. The Balaban J connectivity index is 2.06. The molecule has 20 heavy (non-hydrogen) atoms. The highest BCUT2D eigenvalue weighted by Gasteiger charge is 2.11. The van der Waals surface area contributed by atoms with Gasteiger partial charge in [-0.15, -0.1) is 0 Å². The molecule has 2 aromatic rings. The van der Waals surface area contributed by atoms with Gasteiger partial charge in [-0.05, 0) is 41.1 Å². The van der Waals surface area contributed by atoms with Crippen molar-refractivity contribution in [2.75, 3.05) is 7.11 Å². The summed E-state index contributed by atoms with van der Waals surface area (Å²) in [6, 6.07) is 7.06. The van der Waals surface area contributed by atoms with E-state index >= 15 is 0 Å². The van der Waals surface area contributed by atoms with Crippen LogP contribution in [0.15, 0.2) is 34.9 Å². The van der Waals surface area contributed by atoms with E-state index in [9.17, 15) is 4.79 Å². The lowest BCUT2D eigenvalue weighted by atomic mass is 10.2. The van der Waals surface area contributed by atoms with Crippen molar-refractivity contribution in [3.63, 3.8) is 0 Å². The first-order chi connectivity index (χ1) is 9.65. The third kappa shape index (κ3) is 3.19. The van der Waals surface area contributed by atoms with E-state index in [0.29, 0.717) is 17.9 Å². The molecule has 0 unspecified atom stereocenters. The second kappa shape index (κ2) is 6.56. The van der Waals surface area contributed by atoms with Crippen molar-refractivity contribution in [2.24, 2.45) is 0 Å². The lowest BCUT2D eigenvalue weighted by Gasteiger charge is -2.08. The summed E-state index contributed by atoms with van der Waals surface area (Å²) in [5.41, 5.74) is 1.52. The molecule has 0 bridgehead atoms. The Morgan fingerprint density at radius 3 is 3.00 bits per heavy atom. The summed E-state index contributed by atoms with van der Waals surface area (Å²) in [7, 11) is 1.58. The van der Waals surface area contributed by atoms with E-state index in [-0.39, 0.29) is 5.91 Å². The zero-order valence-electron chi connectivity index (χ0n) is 11.4. The Morgan fingerprint density at radius 1 is 1.50 bits per heavy atom. The number of amides is 1. The molecule has 1 N–H and O–H groups in total. The van der Waals surface area contributed by atoms with Crippen molar-refractivity contribution >= 4 is 21.8 Å². The highest BCUT2D eigenvalue weighted by atomic mass is 79.9. The van der Waals surface area contributed by atoms with E-state index in [1.165, 1.54) is 0 Å². The molecule has 0 aliphatic heterocycles. The second-order valence-corrected chi connectivity index (χ2v) is 5.02. The fourth-order valence-electron chi connectivity index (χ4n) is 1.87. The summed E-state index contributed by atoms with van der Waals surface area (Å²) in [5.74, 6) is 0.525. The van der Waals surface area contributed by atoms with Crippen LogP contribution >= 0.6 is 15.9 Å². The number of hydrogen-bond acceptors (Lipinski definition) is 3. The molecule has 1 heterocycles. The summed E-state index contributed by atoms with van der Waals surface area (Å²) in [5, 5.41) is 7.09. The number of benzene rings is 1. The van der Waals surface area contributed by atoms with E-state index in [2.05, 4.69) is 26.3 Å². The Morgan fingerprint density at radius 2 is 2.30 bits per heavy atom. The third-order valence-corrected chi connectivity index (χ3v) is 3.61. The van der Waals surface area contributed by atoms with E-state index in [1.54, 1.807) is 37.6 Å². The van der Waals surface area contributed by atoms with Crippen LogP contribution in [0.4, 0.5) is 0 Å². The van der Waals surface area contributed by atoms with Crippen molar-refractivity contribution in [3.8, 4) is 5.75 Å². The summed E-state index contributed by atoms with van der Waals surface area (Å²) >= 11 is 3.43. The minimum absolute atomic E-state index is 0.139. The predicted molar refractivity (Wildman–Crippen MR) is 79.8 cm³/mol. The van der Waals surface area contributed by atoms with Crippen LogP contribution < -0.4 is 10.1 Å². The van der Waals surface area contributed by atoms with Gasteiger partial charge in [0.1, 0.15) is 5.75 Å². The Bertz CT molecular complexity index is 610. The van der Waals surface area contributed by atoms with Gasteiger partial charge in [0.05, 0.1) is 30.0 Å². The molecule has 0 aliphatic carbocycles. The molecule has 1 aromatic heterocycles. The Hall–Kier alpha value is -1.82. The molecule has 0 spiro atoms. The number of carbonyl (C=O) groups excluding carboxylic acids is 1. The molecule has 0 saturated carbocycles. The molecule has 0 saturated heterocycles. The fourth-order valence-corrected chi connectivity index (χ4v) is 2.30. The molecule has 5 nitrogen and oxygen atoms in total. The minimum atomic E-state index is -0.139. The maximum atomic E-state index is 12.1. The number of halogens is 1. The number of carbonyl (C=O) groups is 1. The van der Waals surface area contributed by atoms with Gasteiger partial charge in [0.2, 0.25) is 0 Å². The monoisotopic (exact) mass is 337 g/mol. The van der Waals surface area contributed by atoms with Crippen LogP contribution in [-0.2, 0) is 13.1 Å². The molecule has 6 heteroatoms. The van der Waals surface area contributed by atoms with E-state index in [1.807, 2.05) is 11.6 Å². The molecule has 1 aromatic carbocycles. The molecule has 106 valence electrons. The van der Waals surface area contributed by atoms with Crippen LogP contribution in [0.3, 0.4) is 0 Å². The Labute approximate surface area is 126 Å². The van der Waals surface area contributed by atoms with Crippen molar-refractivity contribution in [1.29, 1.82) is 0 Å².